The molecule has 2 unspecified atom stereocenters. The predicted octanol–water partition coefficient (Wildman–Crippen LogP) is 6.09. The third kappa shape index (κ3) is 5.64. The summed E-state index contributed by atoms with van der Waals surface area (Å²) < 4.78 is 4.87. The van der Waals surface area contributed by atoms with Crippen molar-refractivity contribution >= 4 is 22.6 Å². The molecule has 2 amide bonds. The SMILES string of the molecule is C#CC(C)CN1CN(c2snc(Cc3ccccc3)c2-c2ccccc2)C(=O)N(C(C)CC=C)C1. The van der Waals surface area contributed by atoms with Crippen LogP contribution >= 0.6 is 11.5 Å². The number of hydrogen-bond acceptors (Lipinski definition) is 4. The topological polar surface area (TPSA) is 39.7 Å². The van der Waals surface area contributed by atoms with Crippen molar-refractivity contribution in [3.05, 3.63) is 84.6 Å². The van der Waals surface area contributed by atoms with Gasteiger partial charge in [0.1, 0.15) is 5.00 Å². The van der Waals surface area contributed by atoms with Crippen molar-refractivity contribution in [2.45, 2.75) is 32.7 Å². The third-order valence-electron chi connectivity index (χ3n) is 6.29. The zero-order chi connectivity index (χ0) is 24.8. The molecule has 4 rings (SSSR count). The molecule has 1 fully saturated rings. The van der Waals surface area contributed by atoms with Crippen molar-refractivity contribution in [1.82, 2.24) is 14.2 Å². The van der Waals surface area contributed by atoms with Gasteiger partial charge in [0, 0.05) is 30.5 Å². The standard InChI is InChI=1S/C29H32N4OS/c1-5-13-23(4)32-20-31(19-22(3)6-2)21-33(29(32)34)28-27(25-16-11-8-12-17-25)26(30-35-28)18-24-14-9-7-10-15-24/h2,5,7-12,14-17,22-23H,1,13,18-21H2,3-4H3. The second kappa shape index (κ2) is 11.4. The number of amides is 2. The minimum absolute atomic E-state index is 0.00365. The van der Waals surface area contributed by atoms with Crippen molar-refractivity contribution < 1.29 is 4.79 Å². The van der Waals surface area contributed by atoms with Crippen LogP contribution in [0.25, 0.3) is 11.1 Å². The maximum absolute atomic E-state index is 13.8. The number of terminal acetylenes is 1. The number of rotatable bonds is 9. The van der Waals surface area contributed by atoms with Gasteiger partial charge in [-0.15, -0.1) is 18.9 Å². The molecule has 0 spiro atoms. The predicted molar refractivity (Wildman–Crippen MR) is 145 cm³/mol. The van der Waals surface area contributed by atoms with E-state index in [0.717, 1.165) is 28.2 Å². The van der Waals surface area contributed by atoms with Crippen LogP contribution in [0.3, 0.4) is 0 Å². The fourth-order valence-corrected chi connectivity index (χ4v) is 5.36. The van der Waals surface area contributed by atoms with Gasteiger partial charge in [-0.3, -0.25) is 9.80 Å². The summed E-state index contributed by atoms with van der Waals surface area (Å²) in [5.74, 6) is 2.91. The Morgan fingerprint density at radius 2 is 1.80 bits per heavy atom. The summed E-state index contributed by atoms with van der Waals surface area (Å²) >= 11 is 1.40. The van der Waals surface area contributed by atoms with E-state index in [1.165, 1.54) is 17.1 Å². The van der Waals surface area contributed by atoms with Gasteiger partial charge in [0.15, 0.2) is 0 Å². The van der Waals surface area contributed by atoms with Gasteiger partial charge in [-0.05, 0) is 36.0 Å². The Bertz CT molecular complexity index is 1180. The molecule has 1 aromatic heterocycles. The molecular weight excluding hydrogens is 452 g/mol. The highest BCUT2D eigenvalue weighted by atomic mass is 32.1. The molecule has 2 heterocycles. The van der Waals surface area contributed by atoms with Gasteiger partial charge in [-0.25, -0.2) is 4.79 Å². The maximum Gasteiger partial charge on any atom is 0.327 e. The highest BCUT2D eigenvalue weighted by molar-refractivity contribution is 7.11. The Hall–Kier alpha value is -3.40. The van der Waals surface area contributed by atoms with Gasteiger partial charge < -0.3 is 4.90 Å². The van der Waals surface area contributed by atoms with Gasteiger partial charge >= 0.3 is 6.03 Å². The van der Waals surface area contributed by atoms with Gasteiger partial charge in [-0.2, -0.15) is 4.37 Å². The lowest BCUT2D eigenvalue weighted by Gasteiger charge is -2.44. The summed E-state index contributed by atoms with van der Waals surface area (Å²) in [5.41, 5.74) is 4.26. The van der Waals surface area contributed by atoms with Gasteiger partial charge in [-0.1, -0.05) is 73.7 Å². The van der Waals surface area contributed by atoms with Crippen LogP contribution in [0.2, 0.25) is 0 Å². The van der Waals surface area contributed by atoms with Crippen LogP contribution in [0.15, 0.2) is 73.3 Å². The first-order chi connectivity index (χ1) is 17.0. The number of carbonyl (C=O) groups excluding carboxylic acids is 1. The molecule has 0 saturated carbocycles. The molecule has 2 aromatic carbocycles. The molecule has 35 heavy (non-hydrogen) atoms. The van der Waals surface area contributed by atoms with Crippen molar-refractivity contribution in [3.63, 3.8) is 0 Å². The minimum Gasteiger partial charge on any atom is -0.308 e. The average molecular weight is 485 g/mol. The lowest BCUT2D eigenvalue weighted by molar-refractivity contribution is 0.0897. The number of benzene rings is 2. The van der Waals surface area contributed by atoms with Crippen molar-refractivity contribution in [3.8, 4) is 23.5 Å². The molecule has 1 saturated heterocycles. The lowest BCUT2D eigenvalue weighted by atomic mass is 10.0. The molecule has 3 aromatic rings. The number of nitrogens with zero attached hydrogens (tertiary/aromatic N) is 4. The quantitative estimate of drug-likeness (QED) is 0.272. The molecule has 1 aliphatic rings. The van der Waals surface area contributed by atoms with E-state index in [1.807, 2.05) is 59.2 Å². The fraction of sp³-hybridized carbons (Fsp3) is 0.310. The smallest absolute Gasteiger partial charge is 0.308 e. The minimum atomic E-state index is -0.00365. The molecule has 180 valence electrons. The lowest BCUT2D eigenvalue weighted by Crippen LogP contribution is -2.61. The molecule has 2 atom stereocenters. The van der Waals surface area contributed by atoms with E-state index in [0.29, 0.717) is 26.3 Å². The zero-order valence-corrected chi connectivity index (χ0v) is 21.2. The number of hydrogen-bond donors (Lipinski definition) is 0. The third-order valence-corrected chi connectivity index (χ3v) is 7.20. The Morgan fingerprint density at radius 1 is 1.11 bits per heavy atom. The molecule has 0 N–H and O–H groups in total. The van der Waals surface area contributed by atoms with Crippen LogP contribution in [-0.2, 0) is 6.42 Å². The monoisotopic (exact) mass is 484 g/mol. The largest absolute Gasteiger partial charge is 0.327 e. The van der Waals surface area contributed by atoms with Crippen LogP contribution in [-0.4, -0.2) is 46.1 Å². The summed E-state index contributed by atoms with van der Waals surface area (Å²) in [6.07, 6.45) is 8.99. The first-order valence-corrected chi connectivity index (χ1v) is 12.7. The van der Waals surface area contributed by atoms with E-state index in [2.05, 4.69) is 48.6 Å². The Kier molecular flexibility index (Phi) is 8.02. The Morgan fingerprint density at radius 3 is 2.46 bits per heavy atom. The fourth-order valence-electron chi connectivity index (χ4n) is 4.44. The number of anilines is 1. The van der Waals surface area contributed by atoms with E-state index in [9.17, 15) is 4.79 Å². The maximum atomic E-state index is 13.8. The first kappa shape index (κ1) is 24.7. The van der Waals surface area contributed by atoms with Gasteiger partial charge in [0.2, 0.25) is 0 Å². The average Bonchev–Trinajstić information content (AvgIpc) is 3.29. The summed E-state index contributed by atoms with van der Waals surface area (Å²) in [5, 5.41) is 0.876. The molecule has 5 nitrogen and oxygen atoms in total. The molecule has 6 heteroatoms. The van der Waals surface area contributed by atoms with E-state index < -0.39 is 0 Å². The van der Waals surface area contributed by atoms with Crippen LogP contribution in [0.1, 0.15) is 31.5 Å². The van der Waals surface area contributed by atoms with Crippen molar-refractivity contribution in [1.29, 1.82) is 0 Å². The van der Waals surface area contributed by atoms with Crippen molar-refractivity contribution in [2.24, 2.45) is 5.92 Å². The number of urea groups is 1. The van der Waals surface area contributed by atoms with Crippen LogP contribution in [0.5, 0.6) is 0 Å². The van der Waals surface area contributed by atoms with Crippen LogP contribution in [0, 0.1) is 18.3 Å². The highest BCUT2D eigenvalue weighted by Crippen LogP contribution is 2.40. The van der Waals surface area contributed by atoms with Crippen LogP contribution in [0.4, 0.5) is 9.80 Å². The summed E-state index contributed by atoms with van der Waals surface area (Å²) in [4.78, 5) is 19.9. The van der Waals surface area contributed by atoms with Gasteiger partial charge in [0.25, 0.3) is 0 Å². The molecule has 0 radical (unpaired) electrons. The number of aromatic nitrogens is 1. The molecule has 1 aliphatic heterocycles. The van der Waals surface area contributed by atoms with Crippen molar-refractivity contribution in [2.75, 3.05) is 24.8 Å². The summed E-state index contributed by atoms with van der Waals surface area (Å²) in [6.45, 7) is 9.73. The number of carbonyl (C=O) groups is 1. The van der Waals surface area contributed by atoms with Gasteiger partial charge in [0.05, 0.1) is 19.0 Å². The zero-order valence-electron chi connectivity index (χ0n) is 20.4. The second-order valence-electron chi connectivity index (χ2n) is 9.10. The Balaban J connectivity index is 1.76. The van der Waals surface area contributed by atoms with E-state index in [-0.39, 0.29) is 18.0 Å². The molecule has 0 bridgehead atoms. The Labute approximate surface area is 212 Å². The first-order valence-electron chi connectivity index (χ1n) is 12.0. The normalized spacial score (nSPS) is 16.1. The van der Waals surface area contributed by atoms with E-state index >= 15 is 0 Å². The molecule has 0 aliphatic carbocycles. The van der Waals surface area contributed by atoms with E-state index in [1.54, 1.807) is 0 Å². The van der Waals surface area contributed by atoms with E-state index in [4.69, 9.17) is 10.8 Å². The highest BCUT2D eigenvalue weighted by Gasteiger charge is 2.36. The second-order valence-corrected chi connectivity index (χ2v) is 9.85. The van der Waals surface area contributed by atoms with Crippen LogP contribution < -0.4 is 4.90 Å². The molecular formula is C29H32N4OS. The summed E-state index contributed by atoms with van der Waals surface area (Å²) in [7, 11) is 0. The summed E-state index contributed by atoms with van der Waals surface area (Å²) in [6, 6.07) is 20.6.